The minimum Gasteiger partial charge on any atom is -0.755 e. The molecule has 0 aromatic heterocycles. The van der Waals surface area contributed by atoms with Crippen LogP contribution in [0.5, 0.6) is 5.75 Å². The zero-order chi connectivity index (χ0) is 34.1. The van der Waals surface area contributed by atoms with Crippen molar-refractivity contribution in [2.45, 2.75) is 70.0 Å². The van der Waals surface area contributed by atoms with Gasteiger partial charge in [-0.05, 0) is 87.8 Å². The molecule has 0 radical (unpaired) electrons. The number of carbonyl (C=O) groups excluding carboxylic acids is 2. The molecule has 2 aromatic carbocycles. The minimum absolute atomic E-state index is 0.0329. The first-order valence-electron chi connectivity index (χ1n) is 16.2. The molecule has 47 heavy (non-hydrogen) atoms. The highest BCUT2D eigenvalue weighted by molar-refractivity contribution is 7.77. The van der Waals surface area contributed by atoms with Gasteiger partial charge < -0.3 is 19.1 Å². The number of halogens is 3. The fourth-order valence-corrected chi connectivity index (χ4v) is 7.65. The van der Waals surface area contributed by atoms with Gasteiger partial charge in [0.1, 0.15) is 5.75 Å². The first-order valence-corrected chi connectivity index (χ1v) is 17.3. The maximum absolute atomic E-state index is 14.1. The molecule has 13 heteroatoms. The number of ether oxygens (including phenoxy) is 1. The summed E-state index contributed by atoms with van der Waals surface area (Å²) in [6.45, 7) is 9.57. The van der Waals surface area contributed by atoms with Crippen LogP contribution in [0.25, 0.3) is 0 Å². The van der Waals surface area contributed by atoms with Crippen LogP contribution in [-0.4, -0.2) is 82.3 Å². The van der Waals surface area contributed by atoms with Crippen LogP contribution in [0.1, 0.15) is 75.0 Å². The summed E-state index contributed by atoms with van der Waals surface area (Å²) in [6.07, 6.45) is -2.60. The summed E-state index contributed by atoms with van der Waals surface area (Å²) in [5.74, 6) is -0.460. The second-order valence-electron chi connectivity index (χ2n) is 13.9. The summed E-state index contributed by atoms with van der Waals surface area (Å²) in [5.41, 5.74) is 1.57. The Morgan fingerprint density at radius 1 is 0.936 bits per heavy atom. The Morgan fingerprint density at radius 3 is 2.13 bits per heavy atom. The van der Waals surface area contributed by atoms with Crippen LogP contribution >= 0.6 is 0 Å². The van der Waals surface area contributed by atoms with Gasteiger partial charge in [0.2, 0.25) is 11.8 Å². The van der Waals surface area contributed by atoms with Crippen molar-refractivity contribution >= 4 is 28.8 Å². The fourth-order valence-electron chi connectivity index (χ4n) is 7.32. The number of nitrogens with one attached hydrogen (secondary N) is 1. The number of benzene rings is 2. The quantitative estimate of drug-likeness (QED) is 0.409. The monoisotopic (exact) mass is 677 g/mol. The van der Waals surface area contributed by atoms with Gasteiger partial charge in [0.25, 0.3) is 0 Å². The number of hydrogen-bond acceptors (Lipinski definition) is 7. The van der Waals surface area contributed by atoms with Crippen molar-refractivity contribution in [1.29, 1.82) is 0 Å². The van der Waals surface area contributed by atoms with Crippen molar-refractivity contribution in [3.05, 3.63) is 59.2 Å². The number of alkyl halides is 3. The highest BCUT2D eigenvalue weighted by atomic mass is 32.2. The van der Waals surface area contributed by atoms with Crippen molar-refractivity contribution in [1.82, 2.24) is 14.5 Å². The lowest BCUT2D eigenvalue weighted by atomic mass is 9.84. The topological polar surface area (TPSA) is 105 Å². The van der Waals surface area contributed by atoms with Crippen LogP contribution in [0.3, 0.4) is 0 Å². The van der Waals surface area contributed by atoms with Crippen LogP contribution in [0, 0.1) is 11.8 Å². The van der Waals surface area contributed by atoms with E-state index in [4.69, 9.17) is 4.74 Å². The largest absolute Gasteiger partial charge is 0.755 e. The zero-order valence-corrected chi connectivity index (χ0v) is 28.2. The summed E-state index contributed by atoms with van der Waals surface area (Å²) in [6, 6.07) is 11.8. The van der Waals surface area contributed by atoms with Crippen LogP contribution in [-0.2, 0) is 27.0 Å². The highest BCUT2D eigenvalue weighted by Crippen LogP contribution is 2.42. The van der Waals surface area contributed by atoms with Crippen molar-refractivity contribution in [3.63, 3.8) is 0 Å². The number of rotatable bonds is 7. The SMILES string of the molecule is COc1ccc([C@@H]2CN(C(C)(C)C)C[C@H]2C(=O)N2CCC(c3ccc(C(F)(F)F)cc3N3CCC(C(=O)NS(=O)[O-])CC3)CC2)cc1. The third kappa shape index (κ3) is 8.11. The second-order valence-corrected chi connectivity index (χ2v) is 14.6. The van der Waals surface area contributed by atoms with E-state index in [1.807, 2.05) is 38.8 Å². The molecule has 3 atom stereocenters. The molecule has 5 rings (SSSR count). The van der Waals surface area contributed by atoms with Gasteiger partial charge in [-0.25, -0.2) is 0 Å². The van der Waals surface area contributed by atoms with E-state index in [9.17, 15) is 31.5 Å². The molecule has 0 spiro atoms. The van der Waals surface area contributed by atoms with Crippen LogP contribution in [0.4, 0.5) is 18.9 Å². The van der Waals surface area contributed by atoms with E-state index in [1.165, 1.54) is 6.07 Å². The van der Waals surface area contributed by atoms with Gasteiger partial charge in [-0.2, -0.15) is 13.2 Å². The number of piperidine rings is 2. The average Bonchev–Trinajstić information content (AvgIpc) is 3.50. The van der Waals surface area contributed by atoms with Gasteiger partial charge in [0, 0.05) is 73.6 Å². The molecule has 3 saturated heterocycles. The van der Waals surface area contributed by atoms with E-state index in [0.29, 0.717) is 64.1 Å². The van der Waals surface area contributed by atoms with Crippen molar-refractivity contribution in [2.24, 2.45) is 11.8 Å². The van der Waals surface area contributed by atoms with Crippen LogP contribution in [0.2, 0.25) is 0 Å². The third-order valence-corrected chi connectivity index (χ3v) is 10.5. The van der Waals surface area contributed by atoms with E-state index >= 15 is 0 Å². The molecule has 9 nitrogen and oxygen atoms in total. The average molecular weight is 678 g/mol. The van der Waals surface area contributed by atoms with Gasteiger partial charge in [-0.3, -0.25) is 23.4 Å². The van der Waals surface area contributed by atoms with Gasteiger partial charge in [-0.15, -0.1) is 0 Å². The molecule has 3 fully saturated rings. The Morgan fingerprint density at radius 2 is 1.57 bits per heavy atom. The summed E-state index contributed by atoms with van der Waals surface area (Å²) >= 11 is -2.71. The normalized spacial score (nSPS) is 22.7. The number of anilines is 1. The van der Waals surface area contributed by atoms with Crippen molar-refractivity contribution in [2.75, 3.05) is 51.3 Å². The number of carbonyl (C=O) groups is 2. The van der Waals surface area contributed by atoms with E-state index in [2.05, 4.69) is 25.7 Å². The second kappa shape index (κ2) is 14.1. The standard InChI is InChI=1S/C34H45F3N4O5S/c1-33(2,3)41-20-28(22-5-8-26(46-4)9-6-22)29(21-41)32(43)40-17-11-23(12-18-40)27-10-7-25(34(35,36)37)19-30(27)39-15-13-24(14-16-39)31(42)38-47(44)45/h5-10,19,23-24,28-29H,11-18,20-21H2,1-4H3,(H,38,42)(H,44,45)/p-1/t28-,29+/m0/s1. The lowest BCUT2D eigenvalue weighted by Gasteiger charge is -2.38. The lowest BCUT2D eigenvalue weighted by Crippen LogP contribution is -2.45. The number of likely N-dealkylation sites (tertiary alicyclic amines) is 2. The van der Waals surface area contributed by atoms with E-state index < -0.39 is 34.8 Å². The maximum atomic E-state index is 14.1. The summed E-state index contributed by atoms with van der Waals surface area (Å²) in [4.78, 5) is 32.5. The third-order valence-electron chi connectivity index (χ3n) is 10.1. The smallest absolute Gasteiger partial charge is 0.416 e. The zero-order valence-electron chi connectivity index (χ0n) is 27.3. The highest BCUT2D eigenvalue weighted by Gasteiger charge is 2.44. The number of hydrogen-bond donors (Lipinski definition) is 1. The maximum Gasteiger partial charge on any atom is 0.416 e. The minimum atomic E-state index is -4.51. The molecule has 3 aliphatic rings. The first-order chi connectivity index (χ1) is 22.2. The number of nitrogens with zero attached hydrogens (tertiary/aromatic N) is 3. The molecule has 1 N–H and O–H groups in total. The molecule has 1 unspecified atom stereocenters. The molecule has 0 bridgehead atoms. The van der Waals surface area contributed by atoms with Gasteiger partial charge >= 0.3 is 6.18 Å². The molecule has 3 heterocycles. The Bertz CT molecular complexity index is 1450. The Balaban J connectivity index is 1.31. The number of methoxy groups -OCH3 is 1. The predicted molar refractivity (Wildman–Crippen MR) is 173 cm³/mol. The summed E-state index contributed by atoms with van der Waals surface area (Å²) in [5, 5.41) is 0. The molecular formula is C34H44F3N4O5S-. The van der Waals surface area contributed by atoms with Crippen LogP contribution in [0.15, 0.2) is 42.5 Å². The van der Waals surface area contributed by atoms with E-state index in [0.717, 1.165) is 29.5 Å². The van der Waals surface area contributed by atoms with Crippen molar-refractivity contribution in [3.8, 4) is 5.75 Å². The predicted octanol–water partition coefficient (Wildman–Crippen LogP) is 5.06. The molecular weight excluding hydrogens is 633 g/mol. The molecule has 2 amide bonds. The lowest BCUT2D eigenvalue weighted by molar-refractivity contribution is -0.138. The Hall–Kier alpha value is -3.16. The Labute approximate surface area is 277 Å². The first kappa shape index (κ1) is 35.2. The van der Waals surface area contributed by atoms with Crippen LogP contribution < -0.4 is 14.4 Å². The van der Waals surface area contributed by atoms with Gasteiger partial charge in [0.15, 0.2) is 0 Å². The van der Waals surface area contributed by atoms with Gasteiger partial charge in [-0.1, -0.05) is 18.2 Å². The molecule has 258 valence electrons. The van der Waals surface area contributed by atoms with Crippen molar-refractivity contribution < 1.29 is 36.3 Å². The molecule has 0 aliphatic carbocycles. The summed E-state index contributed by atoms with van der Waals surface area (Å²) in [7, 11) is 1.63. The molecule has 0 saturated carbocycles. The van der Waals surface area contributed by atoms with E-state index in [1.54, 1.807) is 13.2 Å². The molecule has 2 aromatic rings. The summed E-state index contributed by atoms with van der Waals surface area (Å²) < 4.78 is 70.4. The van der Waals surface area contributed by atoms with Gasteiger partial charge in [0.05, 0.1) is 18.6 Å². The molecule has 3 aliphatic heterocycles. The Kier molecular flexibility index (Phi) is 10.6. The number of amides is 2. The van der Waals surface area contributed by atoms with E-state index in [-0.39, 0.29) is 29.2 Å². The fraction of sp³-hybridized carbons (Fsp3) is 0.588.